The molecule has 1 aromatic carbocycles. The molecule has 2 aromatic rings. The van der Waals surface area contributed by atoms with E-state index in [0.29, 0.717) is 0 Å². The summed E-state index contributed by atoms with van der Waals surface area (Å²) in [7, 11) is 0. The molecule has 3 rings (SSSR count). The molecule has 0 spiro atoms. The van der Waals surface area contributed by atoms with Crippen LogP contribution in [0.15, 0.2) is 36.4 Å². The molecule has 0 saturated heterocycles. The van der Waals surface area contributed by atoms with Crippen molar-refractivity contribution < 1.29 is 0 Å². The highest BCUT2D eigenvalue weighted by atomic mass is 15.1. The quantitative estimate of drug-likeness (QED) is 0.499. The molecule has 1 fully saturated rings. The van der Waals surface area contributed by atoms with Crippen LogP contribution in [0.4, 0.5) is 0 Å². The Morgan fingerprint density at radius 1 is 0.846 bits per heavy atom. The van der Waals surface area contributed by atoms with Crippen LogP contribution in [-0.2, 0) is 12.8 Å². The maximum absolute atomic E-state index is 4.43. The van der Waals surface area contributed by atoms with E-state index >= 15 is 0 Å². The summed E-state index contributed by atoms with van der Waals surface area (Å²) in [6.07, 6.45) is 13.0. The van der Waals surface area contributed by atoms with Gasteiger partial charge in [0.2, 0.25) is 0 Å². The summed E-state index contributed by atoms with van der Waals surface area (Å²) in [6.45, 7) is 4.63. The third-order valence-corrected chi connectivity index (χ3v) is 5.98. The normalized spacial score (nSPS) is 20.2. The standard InChI is InChI=1S/C24H34N2/c1-3-4-5-6-23-17-18-24(26-25-23)22-15-13-21(14-16-22)12-11-20-9-7-19(2)8-10-20/h13-20H,3-12H2,1-2H3. The van der Waals surface area contributed by atoms with Crippen LogP contribution < -0.4 is 0 Å². The summed E-state index contributed by atoms with van der Waals surface area (Å²) in [5.41, 5.74) is 4.72. The summed E-state index contributed by atoms with van der Waals surface area (Å²) in [4.78, 5) is 0. The Bertz CT molecular complexity index is 637. The Morgan fingerprint density at radius 3 is 2.27 bits per heavy atom. The molecule has 0 aliphatic heterocycles. The van der Waals surface area contributed by atoms with Gasteiger partial charge in [0.25, 0.3) is 0 Å². The fourth-order valence-corrected chi connectivity index (χ4v) is 4.03. The number of nitrogens with zero attached hydrogens (tertiary/aromatic N) is 2. The van der Waals surface area contributed by atoms with Gasteiger partial charge in [0.15, 0.2) is 0 Å². The zero-order valence-corrected chi connectivity index (χ0v) is 16.6. The molecule has 0 unspecified atom stereocenters. The van der Waals surface area contributed by atoms with Gasteiger partial charge in [0.05, 0.1) is 11.4 Å². The van der Waals surface area contributed by atoms with Crippen LogP contribution >= 0.6 is 0 Å². The van der Waals surface area contributed by atoms with E-state index in [-0.39, 0.29) is 0 Å². The predicted octanol–water partition coefficient (Wildman–Crippen LogP) is 6.64. The van der Waals surface area contributed by atoms with E-state index < -0.39 is 0 Å². The summed E-state index contributed by atoms with van der Waals surface area (Å²) in [5, 5.41) is 8.84. The lowest BCUT2D eigenvalue weighted by Crippen LogP contribution is -2.12. The number of aromatic nitrogens is 2. The Morgan fingerprint density at radius 2 is 1.62 bits per heavy atom. The van der Waals surface area contributed by atoms with Crippen molar-refractivity contribution in [2.24, 2.45) is 11.8 Å². The molecular weight excluding hydrogens is 316 g/mol. The third kappa shape index (κ3) is 5.65. The monoisotopic (exact) mass is 350 g/mol. The van der Waals surface area contributed by atoms with Crippen molar-refractivity contribution in [2.75, 3.05) is 0 Å². The van der Waals surface area contributed by atoms with Crippen molar-refractivity contribution in [1.82, 2.24) is 10.2 Å². The first-order chi connectivity index (χ1) is 12.7. The van der Waals surface area contributed by atoms with E-state index in [4.69, 9.17) is 0 Å². The average Bonchev–Trinajstić information content (AvgIpc) is 2.69. The molecule has 0 amide bonds. The van der Waals surface area contributed by atoms with E-state index in [0.717, 1.165) is 29.6 Å². The average molecular weight is 351 g/mol. The smallest absolute Gasteiger partial charge is 0.0929 e. The topological polar surface area (TPSA) is 25.8 Å². The lowest BCUT2D eigenvalue weighted by molar-refractivity contribution is 0.278. The first-order valence-corrected chi connectivity index (χ1v) is 10.7. The minimum absolute atomic E-state index is 0.942. The van der Waals surface area contributed by atoms with Gasteiger partial charge in [-0.05, 0) is 55.2 Å². The Labute approximate surface area is 159 Å². The molecule has 1 heterocycles. The fourth-order valence-electron chi connectivity index (χ4n) is 4.03. The van der Waals surface area contributed by atoms with Crippen molar-refractivity contribution in [3.8, 4) is 11.3 Å². The van der Waals surface area contributed by atoms with Crippen LogP contribution in [0, 0.1) is 11.8 Å². The van der Waals surface area contributed by atoms with Crippen molar-refractivity contribution in [3.05, 3.63) is 47.7 Å². The largest absolute Gasteiger partial charge is 0.155 e. The third-order valence-electron chi connectivity index (χ3n) is 5.98. The van der Waals surface area contributed by atoms with Gasteiger partial charge in [-0.1, -0.05) is 76.6 Å². The number of benzene rings is 1. The highest BCUT2D eigenvalue weighted by Crippen LogP contribution is 2.31. The molecule has 26 heavy (non-hydrogen) atoms. The molecule has 1 aliphatic carbocycles. The van der Waals surface area contributed by atoms with Crippen LogP contribution in [0.5, 0.6) is 0 Å². The van der Waals surface area contributed by atoms with E-state index in [1.807, 2.05) is 0 Å². The van der Waals surface area contributed by atoms with Crippen LogP contribution in [0.25, 0.3) is 11.3 Å². The van der Waals surface area contributed by atoms with Crippen LogP contribution in [0.2, 0.25) is 0 Å². The molecule has 0 radical (unpaired) electrons. The summed E-state index contributed by atoms with van der Waals surface area (Å²) in [5.74, 6) is 1.89. The minimum Gasteiger partial charge on any atom is -0.155 e. The van der Waals surface area contributed by atoms with Gasteiger partial charge in [-0.3, -0.25) is 0 Å². The summed E-state index contributed by atoms with van der Waals surface area (Å²) in [6, 6.07) is 13.2. The summed E-state index contributed by atoms with van der Waals surface area (Å²) < 4.78 is 0. The van der Waals surface area contributed by atoms with Crippen molar-refractivity contribution in [2.45, 2.75) is 78.1 Å². The molecule has 1 saturated carbocycles. The number of aryl methyl sites for hydroxylation is 2. The lowest BCUT2D eigenvalue weighted by atomic mass is 9.80. The number of hydrogen-bond donors (Lipinski definition) is 0. The maximum Gasteiger partial charge on any atom is 0.0929 e. The fraction of sp³-hybridized carbons (Fsp3) is 0.583. The van der Waals surface area contributed by atoms with Crippen molar-refractivity contribution in [3.63, 3.8) is 0 Å². The molecule has 140 valence electrons. The lowest BCUT2D eigenvalue weighted by Gasteiger charge is -2.26. The van der Waals surface area contributed by atoms with E-state index in [1.165, 1.54) is 68.9 Å². The molecule has 2 heteroatoms. The molecule has 0 bridgehead atoms. The van der Waals surface area contributed by atoms with Gasteiger partial charge in [0.1, 0.15) is 0 Å². The van der Waals surface area contributed by atoms with Gasteiger partial charge < -0.3 is 0 Å². The van der Waals surface area contributed by atoms with E-state index in [9.17, 15) is 0 Å². The van der Waals surface area contributed by atoms with Crippen LogP contribution in [-0.4, -0.2) is 10.2 Å². The van der Waals surface area contributed by atoms with Crippen LogP contribution in [0.3, 0.4) is 0 Å². The Balaban J connectivity index is 1.50. The Kier molecular flexibility index (Phi) is 7.22. The van der Waals surface area contributed by atoms with Gasteiger partial charge in [-0.15, -0.1) is 0 Å². The second kappa shape index (κ2) is 9.85. The van der Waals surface area contributed by atoms with Gasteiger partial charge in [0, 0.05) is 5.56 Å². The molecule has 1 aromatic heterocycles. The zero-order valence-electron chi connectivity index (χ0n) is 16.6. The Hall–Kier alpha value is -1.70. The molecular formula is C24H34N2. The van der Waals surface area contributed by atoms with Gasteiger partial charge in [-0.2, -0.15) is 10.2 Å². The van der Waals surface area contributed by atoms with Gasteiger partial charge >= 0.3 is 0 Å². The summed E-state index contributed by atoms with van der Waals surface area (Å²) >= 11 is 0. The second-order valence-corrected chi connectivity index (χ2v) is 8.23. The number of hydrogen-bond acceptors (Lipinski definition) is 2. The van der Waals surface area contributed by atoms with Gasteiger partial charge in [-0.25, -0.2) is 0 Å². The first-order valence-electron chi connectivity index (χ1n) is 10.7. The molecule has 2 nitrogen and oxygen atoms in total. The number of unbranched alkanes of at least 4 members (excludes halogenated alkanes) is 2. The van der Waals surface area contributed by atoms with Crippen LogP contribution in [0.1, 0.15) is 76.5 Å². The zero-order chi connectivity index (χ0) is 18.2. The maximum atomic E-state index is 4.43. The predicted molar refractivity (Wildman–Crippen MR) is 110 cm³/mol. The van der Waals surface area contributed by atoms with E-state index in [1.54, 1.807) is 0 Å². The number of rotatable bonds is 8. The molecule has 0 atom stereocenters. The second-order valence-electron chi connectivity index (χ2n) is 8.23. The molecule has 0 N–H and O–H groups in total. The highest BCUT2D eigenvalue weighted by molar-refractivity contribution is 5.58. The SMILES string of the molecule is CCCCCc1ccc(-c2ccc(CCC3CCC(C)CC3)cc2)nn1. The highest BCUT2D eigenvalue weighted by Gasteiger charge is 2.17. The van der Waals surface area contributed by atoms with E-state index in [2.05, 4.69) is 60.4 Å². The minimum atomic E-state index is 0.942. The van der Waals surface area contributed by atoms with Crippen molar-refractivity contribution in [1.29, 1.82) is 0 Å². The molecule has 1 aliphatic rings. The first kappa shape index (κ1) is 19.1. The van der Waals surface area contributed by atoms with Crippen molar-refractivity contribution >= 4 is 0 Å².